The lowest BCUT2D eigenvalue weighted by atomic mass is 9.73. The third-order valence-electron chi connectivity index (χ3n) is 5.79. The summed E-state index contributed by atoms with van der Waals surface area (Å²) >= 11 is 0. The van der Waals surface area contributed by atoms with Crippen molar-refractivity contribution in [2.75, 3.05) is 31.1 Å². The highest BCUT2D eigenvalue weighted by Gasteiger charge is 2.41. The van der Waals surface area contributed by atoms with Crippen molar-refractivity contribution in [2.24, 2.45) is 5.41 Å². The lowest BCUT2D eigenvalue weighted by Crippen LogP contribution is -2.54. The number of hydrogen-bond acceptors (Lipinski definition) is 5. The summed E-state index contributed by atoms with van der Waals surface area (Å²) in [6, 6.07) is 7.73. The van der Waals surface area contributed by atoms with Crippen LogP contribution >= 0.6 is 0 Å². The Labute approximate surface area is 159 Å². The maximum Gasteiger partial charge on any atom is 0.222 e. The molecule has 1 spiro atoms. The highest BCUT2D eigenvalue weighted by Crippen LogP contribution is 2.39. The van der Waals surface area contributed by atoms with Crippen molar-refractivity contribution in [1.29, 1.82) is 5.26 Å². The summed E-state index contributed by atoms with van der Waals surface area (Å²) in [6.45, 7) is 3.37. The number of nitriles is 1. The molecular weight excluding hydrogens is 340 g/mol. The fourth-order valence-corrected chi connectivity index (χ4v) is 4.38. The number of nitrogens with one attached hydrogen (secondary N) is 1. The van der Waals surface area contributed by atoms with Gasteiger partial charge >= 0.3 is 0 Å². The number of piperidine rings is 2. The number of aromatic amines is 1. The van der Waals surface area contributed by atoms with Crippen LogP contribution in [0.15, 0.2) is 30.7 Å². The SMILES string of the molecule is N#Cc1cccc(N2CCCC3(CCC(=O)N(CCc4cnc[nH]4)C3)C2)n1. The molecule has 1 atom stereocenters. The van der Waals surface area contributed by atoms with E-state index in [0.29, 0.717) is 12.1 Å². The van der Waals surface area contributed by atoms with Crippen LogP contribution in [0, 0.1) is 16.7 Å². The number of nitrogens with zero attached hydrogens (tertiary/aromatic N) is 5. The quantitative estimate of drug-likeness (QED) is 0.898. The van der Waals surface area contributed by atoms with Crippen LogP contribution in [-0.4, -0.2) is 51.9 Å². The number of amides is 1. The number of carbonyl (C=O) groups is 1. The second kappa shape index (κ2) is 7.39. The number of H-pyrrole nitrogens is 1. The Morgan fingerprint density at radius 1 is 1.30 bits per heavy atom. The van der Waals surface area contributed by atoms with Gasteiger partial charge in [0.15, 0.2) is 0 Å². The molecule has 0 aliphatic carbocycles. The van der Waals surface area contributed by atoms with Gasteiger partial charge in [-0.15, -0.1) is 0 Å². The molecule has 1 N–H and O–H groups in total. The molecule has 27 heavy (non-hydrogen) atoms. The van der Waals surface area contributed by atoms with Gasteiger partial charge in [0.05, 0.1) is 6.33 Å². The Balaban J connectivity index is 1.46. The van der Waals surface area contributed by atoms with Crippen LogP contribution in [0.2, 0.25) is 0 Å². The lowest BCUT2D eigenvalue weighted by Gasteiger charge is -2.48. The van der Waals surface area contributed by atoms with Crippen LogP contribution in [0.3, 0.4) is 0 Å². The Kier molecular flexibility index (Phi) is 4.80. The molecule has 4 heterocycles. The van der Waals surface area contributed by atoms with Gasteiger partial charge in [-0.25, -0.2) is 9.97 Å². The topological polar surface area (TPSA) is 88.9 Å². The normalized spacial score (nSPS) is 22.9. The maximum absolute atomic E-state index is 12.5. The van der Waals surface area contributed by atoms with Gasteiger partial charge in [-0.2, -0.15) is 5.26 Å². The highest BCUT2D eigenvalue weighted by atomic mass is 16.2. The molecule has 2 aromatic heterocycles. The van der Waals surface area contributed by atoms with E-state index in [9.17, 15) is 4.79 Å². The largest absolute Gasteiger partial charge is 0.356 e. The number of carbonyl (C=O) groups excluding carboxylic acids is 1. The van der Waals surface area contributed by atoms with Crippen molar-refractivity contribution in [3.05, 3.63) is 42.1 Å². The van der Waals surface area contributed by atoms with E-state index < -0.39 is 0 Å². The van der Waals surface area contributed by atoms with Crippen molar-refractivity contribution in [1.82, 2.24) is 19.9 Å². The van der Waals surface area contributed by atoms with E-state index in [-0.39, 0.29) is 11.3 Å². The summed E-state index contributed by atoms with van der Waals surface area (Å²) in [5.74, 6) is 1.12. The van der Waals surface area contributed by atoms with Crippen molar-refractivity contribution in [3.8, 4) is 6.07 Å². The molecule has 2 aliphatic rings. The van der Waals surface area contributed by atoms with Crippen LogP contribution < -0.4 is 4.90 Å². The number of hydrogen-bond donors (Lipinski definition) is 1. The molecule has 0 aromatic carbocycles. The summed E-state index contributed by atoms with van der Waals surface area (Å²) in [5, 5.41) is 9.12. The fraction of sp³-hybridized carbons (Fsp3) is 0.500. The highest BCUT2D eigenvalue weighted by molar-refractivity contribution is 5.77. The van der Waals surface area contributed by atoms with Gasteiger partial charge in [-0.3, -0.25) is 4.79 Å². The van der Waals surface area contributed by atoms with Crippen molar-refractivity contribution >= 4 is 11.7 Å². The molecule has 4 rings (SSSR count). The summed E-state index contributed by atoms with van der Waals surface area (Å²) < 4.78 is 0. The number of aromatic nitrogens is 3. The average molecular weight is 364 g/mol. The van der Waals surface area contributed by atoms with Crippen LogP contribution in [0.25, 0.3) is 0 Å². The van der Waals surface area contributed by atoms with Gasteiger partial charge in [0.2, 0.25) is 5.91 Å². The number of rotatable bonds is 4. The zero-order valence-electron chi connectivity index (χ0n) is 15.4. The second-order valence-corrected chi connectivity index (χ2v) is 7.66. The van der Waals surface area contributed by atoms with Gasteiger partial charge in [0.25, 0.3) is 0 Å². The molecule has 0 bridgehead atoms. The van der Waals surface area contributed by atoms with E-state index in [1.54, 1.807) is 12.4 Å². The average Bonchev–Trinajstić information content (AvgIpc) is 3.23. The van der Waals surface area contributed by atoms with Crippen molar-refractivity contribution < 1.29 is 4.79 Å². The van der Waals surface area contributed by atoms with Gasteiger partial charge in [-0.05, 0) is 31.4 Å². The number of imidazole rings is 1. The maximum atomic E-state index is 12.5. The third-order valence-corrected chi connectivity index (χ3v) is 5.79. The van der Waals surface area contributed by atoms with Crippen LogP contribution in [0.5, 0.6) is 0 Å². The zero-order chi connectivity index (χ0) is 18.7. The monoisotopic (exact) mass is 364 g/mol. The summed E-state index contributed by atoms with van der Waals surface area (Å²) in [7, 11) is 0. The first kappa shape index (κ1) is 17.5. The molecule has 0 radical (unpaired) electrons. The number of pyridine rings is 1. The minimum absolute atomic E-state index is 0.116. The Morgan fingerprint density at radius 3 is 3.04 bits per heavy atom. The molecule has 7 nitrogen and oxygen atoms in total. The minimum Gasteiger partial charge on any atom is -0.356 e. The first-order valence-electron chi connectivity index (χ1n) is 9.55. The van der Waals surface area contributed by atoms with E-state index >= 15 is 0 Å². The zero-order valence-corrected chi connectivity index (χ0v) is 15.4. The molecule has 140 valence electrons. The van der Waals surface area contributed by atoms with E-state index in [4.69, 9.17) is 5.26 Å². The van der Waals surface area contributed by atoms with E-state index in [1.165, 1.54) is 0 Å². The predicted molar refractivity (Wildman–Crippen MR) is 101 cm³/mol. The molecule has 2 aromatic rings. The lowest BCUT2D eigenvalue weighted by molar-refractivity contribution is -0.137. The van der Waals surface area contributed by atoms with Crippen molar-refractivity contribution in [2.45, 2.75) is 32.1 Å². The Morgan fingerprint density at radius 2 is 2.22 bits per heavy atom. The molecule has 2 fully saturated rings. The summed E-state index contributed by atoms with van der Waals surface area (Å²) in [4.78, 5) is 28.4. The summed E-state index contributed by atoms with van der Waals surface area (Å²) in [6.07, 6.45) is 8.06. The van der Waals surface area contributed by atoms with Crippen molar-refractivity contribution in [3.63, 3.8) is 0 Å². The van der Waals surface area contributed by atoms with Gasteiger partial charge in [0, 0.05) is 56.3 Å². The molecule has 1 unspecified atom stereocenters. The molecule has 0 saturated carbocycles. The van der Waals surface area contributed by atoms with E-state index in [0.717, 1.165) is 63.4 Å². The smallest absolute Gasteiger partial charge is 0.222 e. The molecule has 1 amide bonds. The van der Waals surface area contributed by atoms with E-state index in [1.807, 2.05) is 23.2 Å². The first-order valence-corrected chi connectivity index (χ1v) is 9.55. The molecule has 2 saturated heterocycles. The molecular formula is C20H24N6O. The second-order valence-electron chi connectivity index (χ2n) is 7.66. The number of anilines is 1. The van der Waals surface area contributed by atoms with Gasteiger partial charge in [-0.1, -0.05) is 6.07 Å². The Bertz CT molecular complexity index is 842. The molecule has 7 heteroatoms. The number of likely N-dealkylation sites (tertiary alicyclic amines) is 1. The minimum atomic E-state index is 0.116. The predicted octanol–water partition coefficient (Wildman–Crippen LogP) is 2.13. The summed E-state index contributed by atoms with van der Waals surface area (Å²) in [5.41, 5.74) is 1.63. The first-order chi connectivity index (χ1) is 13.2. The van der Waals surface area contributed by atoms with Crippen LogP contribution in [-0.2, 0) is 11.2 Å². The Hall–Kier alpha value is -2.88. The molecule has 2 aliphatic heterocycles. The van der Waals surface area contributed by atoms with Gasteiger partial charge < -0.3 is 14.8 Å². The third kappa shape index (κ3) is 3.80. The standard InChI is InChI=1S/C20H24N6O/c21-11-16-3-1-4-18(24-16)25-9-2-7-20(13-25)8-5-19(27)26(14-20)10-6-17-12-22-15-23-17/h1,3-4,12,15H,2,5-10,13-14H2,(H,22,23). The van der Waals surface area contributed by atoms with Crippen LogP contribution in [0.1, 0.15) is 37.1 Å². The van der Waals surface area contributed by atoms with E-state index in [2.05, 4.69) is 25.9 Å². The van der Waals surface area contributed by atoms with Crippen LogP contribution in [0.4, 0.5) is 5.82 Å². The van der Waals surface area contributed by atoms with Gasteiger partial charge in [0.1, 0.15) is 17.6 Å². The fourth-order valence-electron chi connectivity index (χ4n) is 4.38.